The predicted octanol–water partition coefficient (Wildman–Crippen LogP) is 3.56. The van der Waals surface area contributed by atoms with E-state index in [1.165, 1.54) is 4.90 Å². The molecule has 1 fully saturated rings. The zero-order valence-corrected chi connectivity index (χ0v) is 13.7. The Kier molecular flexibility index (Phi) is 5.53. The quantitative estimate of drug-likeness (QED) is 0.828. The molecule has 2 N–H and O–H groups in total. The third kappa shape index (κ3) is 4.27. The highest BCUT2D eigenvalue weighted by Crippen LogP contribution is 2.45. The number of urea groups is 1. The van der Waals surface area contributed by atoms with Gasteiger partial charge in [-0.25, -0.2) is 4.79 Å². The molecule has 1 aromatic carbocycles. The lowest BCUT2D eigenvalue weighted by Crippen LogP contribution is -2.41. The number of carbonyl (C=O) groups is 2. The van der Waals surface area contributed by atoms with Crippen molar-refractivity contribution < 1.29 is 14.7 Å². The molecule has 0 saturated heterocycles. The van der Waals surface area contributed by atoms with E-state index < -0.39 is 5.97 Å². The van der Waals surface area contributed by atoms with E-state index in [4.69, 9.17) is 28.3 Å². The summed E-state index contributed by atoms with van der Waals surface area (Å²) in [6, 6.07) is 4.69. The van der Waals surface area contributed by atoms with Crippen molar-refractivity contribution in [2.45, 2.75) is 25.3 Å². The largest absolute Gasteiger partial charge is 0.481 e. The van der Waals surface area contributed by atoms with Crippen LogP contribution in [0.4, 0.5) is 4.79 Å². The van der Waals surface area contributed by atoms with Crippen LogP contribution in [0.5, 0.6) is 0 Å². The van der Waals surface area contributed by atoms with Crippen LogP contribution < -0.4 is 5.32 Å². The van der Waals surface area contributed by atoms with Crippen LogP contribution in [0.3, 0.4) is 0 Å². The molecule has 1 aliphatic carbocycles. The minimum absolute atomic E-state index is 0.0924. The topological polar surface area (TPSA) is 69.6 Å². The Balaban J connectivity index is 2.10. The number of aliphatic carboxylic acids is 1. The Bertz CT molecular complexity index is 556. The summed E-state index contributed by atoms with van der Waals surface area (Å²) in [4.78, 5) is 24.2. The molecule has 0 heterocycles. The van der Waals surface area contributed by atoms with E-state index in [-0.39, 0.29) is 25.0 Å². The van der Waals surface area contributed by atoms with Gasteiger partial charge < -0.3 is 15.3 Å². The predicted molar refractivity (Wildman–Crippen MR) is 85.3 cm³/mol. The van der Waals surface area contributed by atoms with E-state index in [9.17, 15) is 9.59 Å². The lowest BCUT2D eigenvalue weighted by molar-refractivity contribution is -0.137. The van der Waals surface area contributed by atoms with Crippen molar-refractivity contribution >= 4 is 35.2 Å². The SMILES string of the molecule is CN(CCC(=O)O)C(=O)NC(c1c(Cl)cccc1Cl)C1CC1. The van der Waals surface area contributed by atoms with Crippen LogP contribution in [-0.4, -0.2) is 35.6 Å². The summed E-state index contributed by atoms with van der Waals surface area (Å²) >= 11 is 12.5. The summed E-state index contributed by atoms with van der Waals surface area (Å²) in [5, 5.41) is 12.7. The lowest BCUT2D eigenvalue weighted by atomic mass is 10.0. The first-order valence-corrected chi connectivity index (χ1v) is 7.83. The first-order valence-electron chi connectivity index (χ1n) is 7.07. The highest BCUT2D eigenvalue weighted by atomic mass is 35.5. The monoisotopic (exact) mass is 344 g/mol. The average Bonchev–Trinajstić information content (AvgIpc) is 3.27. The molecule has 7 heteroatoms. The Morgan fingerprint density at radius 2 is 1.95 bits per heavy atom. The van der Waals surface area contributed by atoms with Crippen molar-refractivity contribution in [1.29, 1.82) is 0 Å². The summed E-state index contributed by atoms with van der Waals surface area (Å²) in [6.07, 6.45) is 1.92. The number of hydrogen-bond donors (Lipinski definition) is 2. The Morgan fingerprint density at radius 3 is 2.45 bits per heavy atom. The van der Waals surface area contributed by atoms with Gasteiger partial charge in [-0.15, -0.1) is 0 Å². The van der Waals surface area contributed by atoms with Gasteiger partial charge in [0.1, 0.15) is 0 Å². The van der Waals surface area contributed by atoms with Crippen LogP contribution in [-0.2, 0) is 4.79 Å². The first-order chi connectivity index (χ1) is 10.4. The molecule has 22 heavy (non-hydrogen) atoms. The molecular weight excluding hydrogens is 327 g/mol. The standard InChI is InChI=1S/C15H18Cl2N2O3/c1-19(8-7-12(20)21)15(22)18-14(9-5-6-9)13-10(16)3-2-4-11(13)17/h2-4,9,14H,5-8H2,1H3,(H,18,22)(H,20,21). The molecule has 1 unspecified atom stereocenters. The second-order valence-electron chi connectivity index (χ2n) is 5.47. The van der Waals surface area contributed by atoms with Gasteiger partial charge in [0.15, 0.2) is 0 Å². The summed E-state index contributed by atoms with van der Waals surface area (Å²) < 4.78 is 0. The normalized spacial score (nSPS) is 15.2. The number of carboxylic acid groups (broad SMARTS) is 1. The van der Waals surface area contributed by atoms with Crippen molar-refractivity contribution in [1.82, 2.24) is 10.2 Å². The van der Waals surface area contributed by atoms with Gasteiger partial charge in [0.05, 0.1) is 12.5 Å². The Morgan fingerprint density at radius 1 is 1.36 bits per heavy atom. The van der Waals surface area contributed by atoms with Crippen molar-refractivity contribution in [2.75, 3.05) is 13.6 Å². The van der Waals surface area contributed by atoms with E-state index in [0.717, 1.165) is 18.4 Å². The van der Waals surface area contributed by atoms with Crippen LogP contribution in [0.1, 0.15) is 30.9 Å². The molecule has 0 aliphatic heterocycles. The van der Waals surface area contributed by atoms with E-state index in [1.54, 1.807) is 25.2 Å². The average molecular weight is 345 g/mol. The number of rotatable bonds is 6. The van der Waals surface area contributed by atoms with Crippen molar-refractivity contribution in [2.24, 2.45) is 5.92 Å². The van der Waals surface area contributed by atoms with E-state index in [0.29, 0.717) is 16.0 Å². The number of halogens is 2. The summed E-state index contributed by atoms with van der Waals surface area (Å²) in [7, 11) is 1.57. The van der Waals surface area contributed by atoms with Gasteiger partial charge in [0.25, 0.3) is 0 Å². The smallest absolute Gasteiger partial charge is 0.317 e. The number of carbonyl (C=O) groups excluding carboxylic acids is 1. The molecule has 1 saturated carbocycles. The van der Waals surface area contributed by atoms with Crippen molar-refractivity contribution in [3.05, 3.63) is 33.8 Å². The van der Waals surface area contributed by atoms with Crippen LogP contribution in [0.2, 0.25) is 10.0 Å². The van der Waals surface area contributed by atoms with E-state index >= 15 is 0 Å². The molecule has 1 aliphatic rings. The van der Waals surface area contributed by atoms with Crippen LogP contribution in [0.25, 0.3) is 0 Å². The fraction of sp³-hybridized carbons (Fsp3) is 0.467. The third-order valence-corrected chi connectivity index (χ3v) is 4.35. The molecule has 0 bridgehead atoms. The Labute approximate surface area is 139 Å². The fourth-order valence-corrected chi connectivity index (χ4v) is 2.90. The number of hydrogen-bond acceptors (Lipinski definition) is 2. The summed E-state index contributed by atoms with van der Waals surface area (Å²) in [5.41, 5.74) is 0.730. The van der Waals surface area contributed by atoms with Gasteiger partial charge in [-0.2, -0.15) is 0 Å². The number of amides is 2. The zero-order chi connectivity index (χ0) is 16.3. The minimum atomic E-state index is -0.937. The van der Waals surface area contributed by atoms with Gasteiger partial charge in [0, 0.05) is 29.2 Å². The van der Waals surface area contributed by atoms with Gasteiger partial charge in [-0.3, -0.25) is 4.79 Å². The van der Waals surface area contributed by atoms with Gasteiger partial charge in [-0.1, -0.05) is 29.3 Å². The summed E-state index contributed by atoms with van der Waals surface area (Å²) in [6.45, 7) is 0.148. The van der Waals surface area contributed by atoms with Crippen molar-refractivity contribution in [3.8, 4) is 0 Å². The highest BCUT2D eigenvalue weighted by Gasteiger charge is 2.36. The number of nitrogens with one attached hydrogen (secondary N) is 1. The molecule has 120 valence electrons. The van der Waals surface area contributed by atoms with E-state index in [2.05, 4.69) is 5.32 Å². The van der Waals surface area contributed by atoms with E-state index in [1.807, 2.05) is 0 Å². The molecule has 1 atom stereocenters. The fourth-order valence-electron chi connectivity index (χ4n) is 2.27. The van der Waals surface area contributed by atoms with Gasteiger partial charge >= 0.3 is 12.0 Å². The van der Waals surface area contributed by atoms with Crippen LogP contribution >= 0.6 is 23.2 Å². The molecular formula is C15H18Cl2N2O3. The number of benzene rings is 1. The maximum Gasteiger partial charge on any atom is 0.317 e. The molecule has 2 amide bonds. The molecule has 0 radical (unpaired) electrons. The lowest BCUT2D eigenvalue weighted by Gasteiger charge is -2.25. The Hall–Kier alpha value is -1.46. The second kappa shape index (κ2) is 7.20. The number of carboxylic acids is 1. The van der Waals surface area contributed by atoms with Crippen LogP contribution in [0.15, 0.2) is 18.2 Å². The maximum absolute atomic E-state index is 12.2. The van der Waals surface area contributed by atoms with Crippen molar-refractivity contribution in [3.63, 3.8) is 0 Å². The van der Waals surface area contributed by atoms with Crippen LogP contribution in [0, 0.1) is 5.92 Å². The molecule has 0 aromatic heterocycles. The molecule has 2 rings (SSSR count). The zero-order valence-electron chi connectivity index (χ0n) is 12.2. The maximum atomic E-state index is 12.2. The second-order valence-corrected chi connectivity index (χ2v) is 6.28. The number of nitrogens with zero attached hydrogens (tertiary/aromatic N) is 1. The molecule has 5 nitrogen and oxygen atoms in total. The highest BCUT2D eigenvalue weighted by molar-refractivity contribution is 6.36. The van der Waals surface area contributed by atoms with Gasteiger partial charge in [-0.05, 0) is 30.9 Å². The molecule has 1 aromatic rings. The molecule has 0 spiro atoms. The minimum Gasteiger partial charge on any atom is -0.481 e. The third-order valence-electron chi connectivity index (χ3n) is 3.69. The van der Waals surface area contributed by atoms with Gasteiger partial charge in [0.2, 0.25) is 0 Å². The summed E-state index contributed by atoms with van der Waals surface area (Å²) in [5.74, 6) is -0.623. The first kappa shape index (κ1) is 16.9.